The number of nitrogens with two attached hydrogens (primary N) is 1. The van der Waals surface area contributed by atoms with Crippen LogP contribution < -0.4 is 26.4 Å². The number of carboxylic acid groups (broad SMARTS) is 1. The van der Waals surface area contributed by atoms with Gasteiger partial charge in [0.05, 0.1) is 32.2 Å². The molecular weight excluding hydrogens is 446 g/mol. The van der Waals surface area contributed by atoms with Crippen LogP contribution in [0.4, 0.5) is 0 Å². The van der Waals surface area contributed by atoms with E-state index < -0.39 is 17.0 Å². The van der Waals surface area contributed by atoms with Crippen molar-refractivity contribution in [2.24, 2.45) is 39.3 Å². The van der Waals surface area contributed by atoms with Gasteiger partial charge in [-0.1, -0.05) is 12.5 Å². The Hall–Kier alpha value is -1.52. The molecule has 3 aliphatic carbocycles. The van der Waals surface area contributed by atoms with Gasteiger partial charge in [-0.15, -0.1) is 0 Å². The second kappa shape index (κ2) is 10.1. The van der Waals surface area contributed by atoms with Gasteiger partial charge in [-0.05, 0) is 71.0 Å². The first-order valence-electron chi connectivity index (χ1n) is 13.4. The third kappa shape index (κ3) is 3.94. The van der Waals surface area contributed by atoms with Gasteiger partial charge >= 0.3 is 0 Å². The van der Waals surface area contributed by atoms with E-state index >= 15 is 0 Å². The number of carbonyl (C=O) groups is 1. The number of aliphatic imine (C=N–C) groups is 1. The van der Waals surface area contributed by atoms with E-state index in [1.54, 1.807) is 0 Å². The summed E-state index contributed by atoms with van der Waals surface area (Å²) in [5.74, 6) is 0.377. The lowest BCUT2D eigenvalue weighted by Gasteiger charge is -2.60. The lowest BCUT2D eigenvalue weighted by Crippen LogP contribution is -3.19. The third-order valence-corrected chi connectivity index (χ3v) is 9.91. The van der Waals surface area contributed by atoms with Crippen molar-refractivity contribution in [3.63, 3.8) is 0 Å². The van der Waals surface area contributed by atoms with Crippen LogP contribution in [0.2, 0.25) is 0 Å². The number of aliphatic carboxylic acids is 1. The van der Waals surface area contributed by atoms with Crippen LogP contribution in [0.25, 0.3) is 0 Å². The van der Waals surface area contributed by atoms with Crippen molar-refractivity contribution >= 4 is 11.9 Å². The van der Waals surface area contributed by atoms with Crippen LogP contribution in [0.3, 0.4) is 0 Å². The molecule has 1 aliphatic heterocycles. The fraction of sp³-hybridized carbons (Fsp3) is 0.846. The van der Waals surface area contributed by atoms with E-state index in [2.05, 4.69) is 22.5 Å². The van der Waals surface area contributed by atoms with Crippen LogP contribution in [-0.4, -0.2) is 82.7 Å². The highest BCUT2D eigenvalue weighted by Gasteiger charge is 2.75. The Bertz CT molecular complexity index is 878. The lowest BCUT2D eigenvalue weighted by atomic mass is 9.45. The second-order valence-corrected chi connectivity index (χ2v) is 11.3. The summed E-state index contributed by atoms with van der Waals surface area (Å²) in [7, 11) is 3.90. The van der Waals surface area contributed by atoms with Gasteiger partial charge in [0.15, 0.2) is 0 Å². The first-order valence-corrected chi connectivity index (χ1v) is 13.4. The van der Waals surface area contributed by atoms with Crippen LogP contribution >= 0.6 is 0 Å². The highest BCUT2D eigenvalue weighted by atomic mass is 16.5. The van der Waals surface area contributed by atoms with E-state index in [-0.39, 0.29) is 23.5 Å². The molecule has 2 spiro atoms. The molecule has 0 radical (unpaired) electrons. The summed E-state index contributed by atoms with van der Waals surface area (Å²) in [5.41, 5.74) is 5.49. The lowest BCUT2D eigenvalue weighted by molar-refractivity contribution is -0.828. The summed E-state index contributed by atoms with van der Waals surface area (Å²) >= 11 is 0. The first-order chi connectivity index (χ1) is 16.7. The van der Waals surface area contributed by atoms with Gasteiger partial charge in [-0.2, -0.15) is 0 Å². The van der Waals surface area contributed by atoms with E-state index in [9.17, 15) is 15.0 Å². The summed E-state index contributed by atoms with van der Waals surface area (Å²) in [6.07, 6.45) is 4.20. The molecule has 198 valence electrons. The Kier molecular flexibility index (Phi) is 7.65. The Labute approximate surface area is 209 Å². The van der Waals surface area contributed by atoms with E-state index in [0.29, 0.717) is 43.8 Å². The summed E-state index contributed by atoms with van der Waals surface area (Å²) in [6.45, 7) is 8.56. The summed E-state index contributed by atoms with van der Waals surface area (Å²) in [5, 5.41) is 31.0. The molecular formula is C26H45N5O4. The van der Waals surface area contributed by atoms with E-state index in [0.717, 1.165) is 51.0 Å². The molecule has 0 aromatic rings. The normalized spacial score (nSPS) is 41.0. The zero-order valence-electron chi connectivity index (χ0n) is 21.9. The van der Waals surface area contributed by atoms with Crippen molar-refractivity contribution in [2.45, 2.75) is 51.6 Å². The fourth-order valence-electron chi connectivity index (χ4n) is 8.72. The quantitative estimate of drug-likeness (QED) is 0.147. The molecule has 0 aromatic heterocycles. The average molecular weight is 492 g/mol. The zero-order valence-corrected chi connectivity index (χ0v) is 21.9. The van der Waals surface area contributed by atoms with Gasteiger partial charge in [0.25, 0.3) is 5.96 Å². The van der Waals surface area contributed by atoms with Gasteiger partial charge < -0.3 is 36.1 Å². The molecule has 1 saturated heterocycles. The van der Waals surface area contributed by atoms with Crippen molar-refractivity contribution in [1.82, 2.24) is 10.6 Å². The largest absolute Gasteiger partial charge is 0.545 e. The Balaban J connectivity index is 1.85. The zero-order chi connectivity index (χ0) is 25.4. The molecule has 0 aromatic carbocycles. The number of carbonyl (C=O) groups excluding carboxylic acids is 1. The number of likely N-dealkylation sites (tertiary alicyclic amines) is 1. The van der Waals surface area contributed by atoms with Gasteiger partial charge in [0.1, 0.15) is 5.60 Å². The number of ether oxygens (including phenoxy) is 1. The molecule has 0 amide bonds. The Morgan fingerprint density at radius 3 is 2.74 bits per heavy atom. The van der Waals surface area contributed by atoms with Gasteiger partial charge in [-0.25, -0.2) is 4.99 Å². The maximum Gasteiger partial charge on any atom is 0.293 e. The highest BCUT2D eigenvalue weighted by molar-refractivity contribution is 5.90. The van der Waals surface area contributed by atoms with Gasteiger partial charge in [0.2, 0.25) is 0 Å². The van der Waals surface area contributed by atoms with E-state index in [4.69, 9.17) is 10.5 Å². The number of carboxylic acids is 1. The number of nitrogens with zero attached hydrogens (tertiary/aromatic N) is 1. The monoisotopic (exact) mass is 491 g/mol. The molecule has 4 aliphatic rings. The van der Waals surface area contributed by atoms with Crippen LogP contribution in [0.1, 0.15) is 46.0 Å². The molecule has 2 bridgehead atoms. The minimum Gasteiger partial charge on any atom is -0.545 e. The summed E-state index contributed by atoms with van der Waals surface area (Å²) < 4.78 is 5.66. The third-order valence-electron chi connectivity index (χ3n) is 9.91. The fourth-order valence-corrected chi connectivity index (χ4v) is 8.72. The second-order valence-electron chi connectivity index (χ2n) is 11.3. The van der Waals surface area contributed by atoms with Crippen LogP contribution in [0.5, 0.6) is 0 Å². The van der Waals surface area contributed by atoms with E-state index in [1.807, 2.05) is 21.0 Å². The van der Waals surface area contributed by atoms with Crippen molar-refractivity contribution < 1.29 is 24.6 Å². The number of piperidine rings is 1. The molecule has 6 N–H and O–H groups in total. The minimum atomic E-state index is -1.53. The number of aliphatic hydroxyl groups is 1. The summed E-state index contributed by atoms with van der Waals surface area (Å²) in [6, 6.07) is 0. The van der Waals surface area contributed by atoms with Gasteiger partial charge in [0, 0.05) is 36.0 Å². The number of rotatable bonds is 9. The van der Waals surface area contributed by atoms with Crippen molar-refractivity contribution in [3.05, 3.63) is 11.1 Å². The molecule has 4 rings (SSSR count). The number of hydrogen-bond donors (Lipinski definition) is 5. The number of allylic oxidation sites excluding steroid dienone is 1. The van der Waals surface area contributed by atoms with Crippen molar-refractivity contribution in [1.29, 1.82) is 0 Å². The number of guanidine groups is 1. The topological polar surface area (TPSA) is 136 Å². The molecule has 1 heterocycles. The number of quaternary nitrogens is 1. The Morgan fingerprint density at radius 1 is 1.31 bits per heavy atom. The molecule has 2 saturated carbocycles. The predicted molar refractivity (Wildman–Crippen MR) is 133 cm³/mol. The molecule has 3 fully saturated rings. The van der Waals surface area contributed by atoms with Crippen LogP contribution in [0, 0.1) is 28.6 Å². The predicted octanol–water partition coefficient (Wildman–Crippen LogP) is -1.71. The standard InChI is InChI=1S/C26H45N5O4/c1-5-35-16-24(34)14-25-17(2)6-7-18(12-20(25)21(24)22(32)33)26(25)15-31(11-8-19(26)13-29-4)23(27)30-10-9-28-3/h17-19,28-29,34H,5-16H2,1-4H3,(H2,27,30)(H,32,33). The molecule has 7 atom stereocenters. The summed E-state index contributed by atoms with van der Waals surface area (Å²) in [4.78, 5) is 18.4. The van der Waals surface area contributed by atoms with Gasteiger partial charge in [-0.3, -0.25) is 4.90 Å². The van der Waals surface area contributed by atoms with Crippen molar-refractivity contribution in [3.8, 4) is 0 Å². The SMILES string of the molecule is CCOCC1(O)CC23C(=C1C(=O)[O-])CC(CCC2C)C31C[NH+](C(N)=NCCNC)CCC1CNC. The number of likely N-dealkylation sites (N-methyl/N-ethyl adjacent to an activating group) is 1. The molecule has 9 heteroatoms. The molecule has 35 heavy (non-hydrogen) atoms. The van der Waals surface area contributed by atoms with E-state index in [1.165, 1.54) is 4.90 Å². The average Bonchev–Trinajstić information content (AvgIpc) is 3.17. The smallest absolute Gasteiger partial charge is 0.293 e. The molecule has 7 unspecified atom stereocenters. The maximum atomic E-state index is 12.6. The number of nitrogens with one attached hydrogen (secondary N) is 3. The van der Waals surface area contributed by atoms with Crippen LogP contribution in [-0.2, 0) is 9.53 Å². The number of hydrogen-bond acceptors (Lipinski definition) is 7. The van der Waals surface area contributed by atoms with Crippen LogP contribution in [0.15, 0.2) is 16.1 Å². The molecule has 9 nitrogen and oxygen atoms in total. The maximum absolute atomic E-state index is 12.6. The first kappa shape index (κ1) is 26.5. The minimum absolute atomic E-state index is 0.00753. The highest BCUT2D eigenvalue weighted by Crippen LogP contribution is 2.76. The van der Waals surface area contributed by atoms with Crippen molar-refractivity contribution in [2.75, 3.05) is 60.0 Å². The Morgan fingerprint density at radius 2 is 2.09 bits per heavy atom.